The van der Waals surface area contributed by atoms with Crippen molar-refractivity contribution in [1.82, 2.24) is 19.9 Å². The summed E-state index contributed by atoms with van der Waals surface area (Å²) in [7, 11) is 0. The van der Waals surface area contributed by atoms with Crippen LogP contribution in [0, 0.1) is 12.7 Å². The molecule has 3 heterocycles. The number of hydrogen-bond donors (Lipinski definition) is 3. The number of nitrogens with zero attached hydrogens (tertiary/aromatic N) is 3. The van der Waals surface area contributed by atoms with Crippen LogP contribution in [0.25, 0.3) is 11.0 Å². The van der Waals surface area contributed by atoms with Crippen LogP contribution < -0.4 is 10.1 Å². The first-order chi connectivity index (χ1) is 14.0. The number of rotatable bonds is 3. The van der Waals surface area contributed by atoms with Crippen molar-refractivity contribution < 1.29 is 19.3 Å². The van der Waals surface area contributed by atoms with Gasteiger partial charge in [0.1, 0.15) is 36.0 Å². The van der Waals surface area contributed by atoms with Crippen molar-refractivity contribution in [2.24, 2.45) is 0 Å². The highest BCUT2D eigenvalue weighted by Crippen LogP contribution is 2.37. The Bertz CT molecular complexity index is 1070. The molecule has 1 aliphatic heterocycles. The molecule has 2 aromatic heterocycles. The van der Waals surface area contributed by atoms with Crippen molar-refractivity contribution in [2.45, 2.75) is 50.7 Å². The van der Waals surface area contributed by atoms with Gasteiger partial charge >= 0.3 is 0 Å². The molecule has 1 aromatic carbocycles. The number of hydrogen-bond acceptors (Lipinski definition) is 6. The van der Waals surface area contributed by atoms with E-state index in [0.29, 0.717) is 35.4 Å². The maximum atomic E-state index is 14.5. The van der Waals surface area contributed by atoms with E-state index < -0.39 is 30.2 Å². The quantitative estimate of drug-likeness (QED) is 0.621. The Labute approximate surface area is 167 Å². The van der Waals surface area contributed by atoms with Crippen LogP contribution >= 0.6 is 0 Å². The Morgan fingerprint density at radius 2 is 2.10 bits per heavy atom. The molecule has 0 amide bonds. The van der Waals surface area contributed by atoms with Gasteiger partial charge in [0.25, 0.3) is 0 Å². The third-order valence-corrected chi connectivity index (χ3v) is 6.09. The van der Waals surface area contributed by atoms with Crippen LogP contribution in [0.1, 0.15) is 29.3 Å². The number of aromatic nitrogens is 3. The molecule has 2 aliphatic rings. The van der Waals surface area contributed by atoms with Crippen molar-refractivity contribution in [2.75, 3.05) is 6.54 Å². The molecule has 5 rings (SSSR count). The van der Waals surface area contributed by atoms with E-state index in [4.69, 9.17) is 4.74 Å². The van der Waals surface area contributed by atoms with Gasteiger partial charge in [0, 0.05) is 24.7 Å². The van der Waals surface area contributed by atoms with Gasteiger partial charge in [-0.1, -0.05) is 12.1 Å². The number of aliphatic hydroxyl groups is 2. The topological polar surface area (TPSA) is 92.4 Å². The maximum Gasteiger partial charge on any atom is 0.152 e. The van der Waals surface area contributed by atoms with Gasteiger partial charge < -0.3 is 24.8 Å². The average molecular weight is 398 g/mol. The van der Waals surface area contributed by atoms with Gasteiger partial charge in [-0.05, 0) is 31.5 Å². The predicted molar refractivity (Wildman–Crippen MR) is 104 cm³/mol. The summed E-state index contributed by atoms with van der Waals surface area (Å²) >= 11 is 0. The highest BCUT2D eigenvalue weighted by molar-refractivity contribution is 5.79. The van der Waals surface area contributed by atoms with Gasteiger partial charge in [0.15, 0.2) is 5.82 Å². The van der Waals surface area contributed by atoms with E-state index in [9.17, 15) is 14.6 Å². The lowest BCUT2D eigenvalue weighted by Crippen LogP contribution is -2.34. The molecule has 3 N–H and O–H groups in total. The summed E-state index contributed by atoms with van der Waals surface area (Å²) in [5, 5.41) is 25.0. The number of aryl methyl sites for hydroxylation is 1. The van der Waals surface area contributed by atoms with Gasteiger partial charge in [-0.25, -0.2) is 14.4 Å². The zero-order valence-corrected chi connectivity index (χ0v) is 16.0. The predicted octanol–water partition coefficient (Wildman–Crippen LogP) is 1.64. The first-order valence-corrected chi connectivity index (χ1v) is 9.86. The van der Waals surface area contributed by atoms with Crippen molar-refractivity contribution in [1.29, 1.82) is 0 Å². The fourth-order valence-electron chi connectivity index (χ4n) is 4.55. The van der Waals surface area contributed by atoms with Gasteiger partial charge in [0.05, 0.1) is 17.1 Å². The molecule has 0 bridgehead atoms. The lowest BCUT2D eigenvalue weighted by Gasteiger charge is -2.24. The van der Waals surface area contributed by atoms with Gasteiger partial charge in [-0.2, -0.15) is 0 Å². The van der Waals surface area contributed by atoms with Gasteiger partial charge in [0.2, 0.25) is 0 Å². The molecular weight excluding hydrogens is 375 g/mol. The molecule has 0 saturated heterocycles. The van der Waals surface area contributed by atoms with Crippen molar-refractivity contribution in [3.05, 3.63) is 53.4 Å². The normalized spacial score (nSPS) is 26.6. The molecule has 8 heteroatoms. The fourth-order valence-corrected chi connectivity index (χ4v) is 4.55. The van der Waals surface area contributed by atoms with Crippen LogP contribution in [0.3, 0.4) is 0 Å². The minimum Gasteiger partial charge on any atom is -0.487 e. The summed E-state index contributed by atoms with van der Waals surface area (Å²) in [4.78, 5) is 8.25. The van der Waals surface area contributed by atoms with E-state index in [-0.39, 0.29) is 0 Å². The van der Waals surface area contributed by atoms with Crippen molar-refractivity contribution >= 4 is 11.0 Å². The van der Waals surface area contributed by atoms with Crippen LogP contribution in [0.2, 0.25) is 0 Å². The highest BCUT2D eigenvalue weighted by Gasteiger charge is 2.45. The summed E-state index contributed by atoms with van der Waals surface area (Å²) in [5.74, 6) is 0.278. The molecule has 0 radical (unpaired) electrons. The molecule has 1 saturated carbocycles. The molecule has 0 spiro atoms. The Balaban J connectivity index is 1.46. The lowest BCUT2D eigenvalue weighted by atomic mass is 10.0. The highest BCUT2D eigenvalue weighted by atomic mass is 19.1. The molecule has 3 aromatic rings. The van der Waals surface area contributed by atoms with Crippen LogP contribution in [-0.2, 0) is 13.0 Å². The number of halogens is 1. The zero-order chi connectivity index (χ0) is 20.1. The third kappa shape index (κ3) is 2.99. The molecular formula is C21H23FN4O3. The monoisotopic (exact) mass is 398 g/mol. The molecule has 152 valence electrons. The van der Waals surface area contributed by atoms with Crippen molar-refractivity contribution in [3.8, 4) is 5.75 Å². The van der Waals surface area contributed by atoms with E-state index in [1.165, 1.54) is 18.1 Å². The average Bonchev–Trinajstić information content (AvgIpc) is 3.20. The van der Waals surface area contributed by atoms with Crippen molar-refractivity contribution in [3.63, 3.8) is 0 Å². The van der Waals surface area contributed by atoms with E-state index in [2.05, 4.69) is 21.4 Å². The minimum atomic E-state index is -1.09. The summed E-state index contributed by atoms with van der Waals surface area (Å²) in [6.07, 6.45) is 1.18. The Hall–Kier alpha value is -2.55. The van der Waals surface area contributed by atoms with Crippen LogP contribution in [0.5, 0.6) is 5.75 Å². The van der Waals surface area contributed by atoms with Crippen LogP contribution in [0.15, 0.2) is 30.7 Å². The first-order valence-electron chi connectivity index (χ1n) is 9.86. The smallest absolute Gasteiger partial charge is 0.152 e. The van der Waals surface area contributed by atoms with Crippen LogP contribution in [-0.4, -0.2) is 49.6 Å². The molecule has 29 heavy (non-hydrogen) atoms. The first kappa shape index (κ1) is 18.5. The Morgan fingerprint density at radius 3 is 2.97 bits per heavy atom. The largest absolute Gasteiger partial charge is 0.487 e. The summed E-state index contributed by atoms with van der Waals surface area (Å²) in [6, 6.07) is 5.37. The molecule has 4 atom stereocenters. The van der Waals surface area contributed by atoms with E-state index in [0.717, 1.165) is 18.5 Å². The Kier molecular flexibility index (Phi) is 4.49. The summed E-state index contributed by atoms with van der Waals surface area (Å²) in [6.45, 7) is 3.36. The fraction of sp³-hybridized carbons (Fsp3) is 0.429. The van der Waals surface area contributed by atoms with E-state index >= 15 is 0 Å². The second kappa shape index (κ2) is 7.05. The lowest BCUT2D eigenvalue weighted by molar-refractivity contribution is -0.0166. The zero-order valence-electron chi connectivity index (χ0n) is 16.0. The summed E-state index contributed by atoms with van der Waals surface area (Å²) in [5.41, 5.74) is 3.27. The number of fused-ring (bicyclic) bond motifs is 2. The second-order valence-corrected chi connectivity index (χ2v) is 7.80. The Morgan fingerprint density at radius 1 is 1.24 bits per heavy atom. The minimum absolute atomic E-state index is 0.335. The summed E-state index contributed by atoms with van der Waals surface area (Å²) < 4.78 is 22.3. The third-order valence-electron chi connectivity index (χ3n) is 6.09. The standard InChI is InChI=1S/C21H23FN4O3/c1-11-18-14(22)9-26(21(18)25-10-24-11)15-7-17(20(28)19(15)27)29-16-4-2-3-12-5-6-23-8-13(12)16/h2-4,9-10,15,17,19-20,23,27-28H,5-8H2,1H3/t15?,17?,19-,20+/m0/s1. The molecule has 7 nitrogen and oxygen atoms in total. The SMILES string of the molecule is Cc1ncnc2c1c(F)cn2C1CC(Oc2cccc3c2CNCC3)[C@@H](O)[C@H]1O. The van der Waals surface area contributed by atoms with E-state index in [1.54, 1.807) is 11.5 Å². The van der Waals surface area contributed by atoms with E-state index in [1.807, 2.05) is 12.1 Å². The number of benzene rings is 1. The number of nitrogens with one attached hydrogen (secondary N) is 1. The van der Waals surface area contributed by atoms with Gasteiger partial charge in [-0.3, -0.25) is 0 Å². The molecule has 2 unspecified atom stereocenters. The molecule has 1 aliphatic carbocycles. The number of aliphatic hydroxyl groups excluding tert-OH is 2. The van der Waals surface area contributed by atoms with Crippen LogP contribution in [0.4, 0.5) is 4.39 Å². The van der Waals surface area contributed by atoms with Gasteiger partial charge in [-0.15, -0.1) is 0 Å². The second-order valence-electron chi connectivity index (χ2n) is 7.80. The molecule has 1 fully saturated rings. The number of ether oxygens (including phenoxy) is 1. The maximum absolute atomic E-state index is 14.5.